The predicted octanol–water partition coefficient (Wildman–Crippen LogP) is 2.18. The van der Waals surface area contributed by atoms with Gasteiger partial charge in [0.15, 0.2) is 0 Å². The molecule has 0 aliphatic heterocycles. The molecule has 2 atom stereocenters. The Labute approximate surface area is 108 Å². The molecule has 4 heteroatoms. The van der Waals surface area contributed by atoms with Gasteiger partial charge in [0, 0.05) is 25.8 Å². The molecule has 1 rings (SSSR count). The lowest BCUT2D eigenvalue weighted by Crippen LogP contribution is -2.36. The summed E-state index contributed by atoms with van der Waals surface area (Å²) in [6, 6.07) is 5.33. The molecule has 0 saturated heterocycles. The first-order chi connectivity index (χ1) is 8.58. The molecule has 1 aromatic carbocycles. The molecule has 0 amide bonds. The second-order valence-corrected chi connectivity index (χ2v) is 4.56. The summed E-state index contributed by atoms with van der Waals surface area (Å²) < 4.78 is 18.6. The van der Waals surface area contributed by atoms with Crippen LogP contribution < -0.4 is 5.32 Å². The number of rotatable bonds is 7. The van der Waals surface area contributed by atoms with Crippen molar-refractivity contribution in [2.45, 2.75) is 32.4 Å². The molecule has 0 saturated carbocycles. The normalized spacial score (nSPS) is 14.5. The quantitative estimate of drug-likeness (QED) is 0.784. The average Bonchev–Trinajstić information content (AvgIpc) is 2.33. The van der Waals surface area contributed by atoms with Gasteiger partial charge in [-0.25, -0.2) is 4.39 Å². The number of hydrogen-bond acceptors (Lipinski definition) is 3. The number of halogens is 1. The Balaban J connectivity index is 2.67. The first-order valence-corrected chi connectivity index (χ1v) is 6.20. The van der Waals surface area contributed by atoms with Crippen LogP contribution in [0.15, 0.2) is 18.2 Å². The molecule has 2 unspecified atom stereocenters. The van der Waals surface area contributed by atoms with Crippen molar-refractivity contribution in [1.82, 2.24) is 5.32 Å². The van der Waals surface area contributed by atoms with Crippen LogP contribution in [-0.4, -0.2) is 31.5 Å². The fourth-order valence-corrected chi connectivity index (χ4v) is 1.90. The van der Waals surface area contributed by atoms with Crippen molar-refractivity contribution in [2.24, 2.45) is 0 Å². The van der Waals surface area contributed by atoms with Gasteiger partial charge in [-0.05, 0) is 37.5 Å². The van der Waals surface area contributed by atoms with E-state index in [1.54, 1.807) is 26.2 Å². The predicted molar refractivity (Wildman–Crippen MR) is 70.1 cm³/mol. The Bertz CT molecular complexity index is 365. The molecule has 3 nitrogen and oxygen atoms in total. The van der Waals surface area contributed by atoms with Crippen LogP contribution in [0.1, 0.15) is 30.5 Å². The van der Waals surface area contributed by atoms with Crippen molar-refractivity contribution in [3.63, 3.8) is 0 Å². The van der Waals surface area contributed by atoms with Gasteiger partial charge in [-0.2, -0.15) is 0 Å². The third-order valence-corrected chi connectivity index (χ3v) is 3.03. The minimum absolute atomic E-state index is 0.0202. The number of aryl methyl sites for hydroxylation is 1. The van der Waals surface area contributed by atoms with Crippen LogP contribution in [0.3, 0.4) is 0 Å². The maximum atomic E-state index is 13.5. The highest BCUT2D eigenvalue weighted by Crippen LogP contribution is 2.17. The maximum Gasteiger partial charge on any atom is 0.126 e. The van der Waals surface area contributed by atoms with Crippen LogP contribution >= 0.6 is 0 Å². The molecule has 0 heterocycles. The van der Waals surface area contributed by atoms with Gasteiger partial charge >= 0.3 is 0 Å². The van der Waals surface area contributed by atoms with Gasteiger partial charge in [0.1, 0.15) is 5.82 Å². The van der Waals surface area contributed by atoms with Crippen molar-refractivity contribution in [3.05, 3.63) is 35.1 Å². The lowest BCUT2D eigenvalue weighted by molar-refractivity contribution is 0.143. The fourth-order valence-electron chi connectivity index (χ4n) is 1.90. The number of ether oxygens (including phenoxy) is 1. The minimum atomic E-state index is -0.188. The Kier molecular flexibility index (Phi) is 6.25. The molecule has 1 aromatic rings. The van der Waals surface area contributed by atoms with E-state index in [9.17, 15) is 4.39 Å². The van der Waals surface area contributed by atoms with E-state index < -0.39 is 0 Å². The summed E-state index contributed by atoms with van der Waals surface area (Å²) in [7, 11) is 1.63. The van der Waals surface area contributed by atoms with Crippen LogP contribution in [0.2, 0.25) is 0 Å². The second-order valence-electron chi connectivity index (χ2n) is 4.56. The molecule has 0 radical (unpaired) electrons. The third kappa shape index (κ3) is 4.37. The highest BCUT2D eigenvalue weighted by molar-refractivity contribution is 5.25. The number of hydrogen-bond donors (Lipinski definition) is 2. The Hall–Kier alpha value is -0.970. The van der Waals surface area contributed by atoms with Gasteiger partial charge in [-0.3, -0.25) is 0 Å². The van der Waals surface area contributed by atoms with E-state index in [-0.39, 0.29) is 24.5 Å². The topological polar surface area (TPSA) is 41.5 Å². The van der Waals surface area contributed by atoms with Gasteiger partial charge < -0.3 is 15.2 Å². The van der Waals surface area contributed by atoms with E-state index in [2.05, 4.69) is 5.32 Å². The molecular formula is C14H22FNO2. The largest absolute Gasteiger partial charge is 0.396 e. The van der Waals surface area contributed by atoms with E-state index in [1.165, 1.54) is 0 Å². The van der Waals surface area contributed by atoms with Crippen LogP contribution in [0, 0.1) is 12.7 Å². The summed E-state index contributed by atoms with van der Waals surface area (Å²) in [4.78, 5) is 0. The Morgan fingerprint density at radius 1 is 1.44 bits per heavy atom. The van der Waals surface area contributed by atoms with Crippen molar-refractivity contribution in [2.75, 3.05) is 20.3 Å². The first kappa shape index (κ1) is 15.1. The van der Waals surface area contributed by atoms with Crippen LogP contribution in [0.4, 0.5) is 4.39 Å². The molecule has 102 valence electrons. The summed E-state index contributed by atoms with van der Waals surface area (Å²) in [6.07, 6.45) is 0.618. The third-order valence-electron chi connectivity index (χ3n) is 3.03. The molecular weight excluding hydrogens is 233 g/mol. The maximum absolute atomic E-state index is 13.5. The standard InChI is InChI=1S/C14H22FNO2/c1-10-4-5-12(8-14(10)15)11(2)16-13(6-7-17)9-18-3/h4-5,8,11,13,16-17H,6-7,9H2,1-3H3. The van der Waals surface area contributed by atoms with Gasteiger partial charge in [-0.1, -0.05) is 12.1 Å². The zero-order chi connectivity index (χ0) is 13.5. The van der Waals surface area contributed by atoms with Crippen LogP contribution in [-0.2, 0) is 4.74 Å². The lowest BCUT2D eigenvalue weighted by Gasteiger charge is -2.22. The summed E-state index contributed by atoms with van der Waals surface area (Å²) in [5.41, 5.74) is 1.55. The van der Waals surface area contributed by atoms with E-state index in [0.717, 1.165) is 5.56 Å². The molecule has 0 aliphatic rings. The molecule has 0 spiro atoms. The monoisotopic (exact) mass is 255 g/mol. The zero-order valence-electron chi connectivity index (χ0n) is 11.2. The second kappa shape index (κ2) is 7.46. The van der Waals surface area contributed by atoms with Gasteiger partial charge in [0.2, 0.25) is 0 Å². The minimum Gasteiger partial charge on any atom is -0.396 e. The van der Waals surface area contributed by atoms with E-state index >= 15 is 0 Å². The van der Waals surface area contributed by atoms with Crippen molar-refractivity contribution < 1.29 is 14.2 Å². The molecule has 0 aromatic heterocycles. The fraction of sp³-hybridized carbons (Fsp3) is 0.571. The Morgan fingerprint density at radius 2 is 2.17 bits per heavy atom. The molecule has 0 fully saturated rings. The van der Waals surface area contributed by atoms with Gasteiger partial charge in [0.05, 0.1) is 6.61 Å². The van der Waals surface area contributed by atoms with E-state index in [4.69, 9.17) is 9.84 Å². The number of aliphatic hydroxyl groups is 1. The highest BCUT2D eigenvalue weighted by Gasteiger charge is 2.13. The molecule has 0 bridgehead atoms. The Morgan fingerprint density at radius 3 is 2.72 bits per heavy atom. The smallest absolute Gasteiger partial charge is 0.126 e. The summed E-state index contributed by atoms with van der Waals surface area (Å²) >= 11 is 0. The van der Waals surface area contributed by atoms with E-state index in [1.807, 2.05) is 13.0 Å². The van der Waals surface area contributed by atoms with Crippen LogP contribution in [0.25, 0.3) is 0 Å². The first-order valence-electron chi connectivity index (χ1n) is 6.20. The summed E-state index contributed by atoms with van der Waals surface area (Å²) in [6.45, 7) is 4.36. The number of nitrogens with one attached hydrogen (secondary N) is 1. The zero-order valence-corrected chi connectivity index (χ0v) is 11.2. The van der Waals surface area contributed by atoms with Crippen LogP contribution in [0.5, 0.6) is 0 Å². The number of aliphatic hydroxyl groups excluding tert-OH is 1. The SMILES string of the molecule is COCC(CCO)NC(C)c1ccc(C)c(F)c1. The average molecular weight is 255 g/mol. The van der Waals surface area contributed by atoms with Crippen molar-refractivity contribution >= 4 is 0 Å². The highest BCUT2D eigenvalue weighted by atomic mass is 19.1. The molecule has 2 N–H and O–H groups in total. The van der Waals surface area contributed by atoms with Crippen molar-refractivity contribution in [3.8, 4) is 0 Å². The molecule has 0 aliphatic carbocycles. The number of methoxy groups -OCH3 is 1. The summed E-state index contributed by atoms with van der Waals surface area (Å²) in [5.74, 6) is -0.188. The summed E-state index contributed by atoms with van der Waals surface area (Å²) in [5, 5.41) is 12.3. The van der Waals surface area contributed by atoms with Crippen molar-refractivity contribution in [1.29, 1.82) is 0 Å². The van der Waals surface area contributed by atoms with E-state index in [0.29, 0.717) is 18.6 Å². The molecule has 18 heavy (non-hydrogen) atoms. The van der Waals surface area contributed by atoms with Gasteiger partial charge in [-0.15, -0.1) is 0 Å². The van der Waals surface area contributed by atoms with Gasteiger partial charge in [0.25, 0.3) is 0 Å². The number of benzene rings is 1. The lowest BCUT2D eigenvalue weighted by atomic mass is 10.0.